The van der Waals surface area contributed by atoms with Crippen molar-refractivity contribution in [2.75, 3.05) is 33.9 Å². The highest BCUT2D eigenvalue weighted by Gasteiger charge is 2.19. The van der Waals surface area contributed by atoms with E-state index in [1.54, 1.807) is 0 Å². The number of alkyl halides is 1. The fourth-order valence-corrected chi connectivity index (χ4v) is 1.18. The molecule has 1 N–H and O–H groups in total. The molecule has 0 rings (SSSR count). The lowest BCUT2D eigenvalue weighted by atomic mass is 10.4. The summed E-state index contributed by atoms with van der Waals surface area (Å²) in [5, 5.41) is 1.33. The molecule has 0 saturated carbocycles. The maximum atomic E-state index is 11.8. The van der Waals surface area contributed by atoms with Gasteiger partial charge in [-0.15, -0.1) is 11.6 Å². The van der Waals surface area contributed by atoms with E-state index < -0.39 is 23.3 Å². The van der Waals surface area contributed by atoms with Crippen LogP contribution in [0.25, 0.3) is 0 Å². The molecule has 0 heterocycles. The van der Waals surface area contributed by atoms with E-state index in [4.69, 9.17) is 16.3 Å². The average Bonchev–Trinajstić information content (AvgIpc) is 2.37. The quantitative estimate of drug-likeness (QED) is 0.541. The summed E-state index contributed by atoms with van der Waals surface area (Å²) in [7, 11) is 2.75. The summed E-state index contributed by atoms with van der Waals surface area (Å²) in [6, 6.07) is -0.613. The normalized spacial score (nSPS) is 11.6. The van der Waals surface area contributed by atoms with Crippen molar-refractivity contribution in [3.8, 4) is 0 Å². The van der Waals surface area contributed by atoms with Gasteiger partial charge in [0, 0.05) is 20.2 Å². The number of urea groups is 1. The number of rotatable bonds is 7. The van der Waals surface area contributed by atoms with Crippen LogP contribution in [-0.4, -0.2) is 62.1 Å². The van der Waals surface area contributed by atoms with Gasteiger partial charge in [0.15, 0.2) is 0 Å². The molecule has 7 nitrogen and oxygen atoms in total. The standard InChI is InChI=1S/C11H19ClN2O5/c1-8(12)10(16)13-11(17)14(6-7-18-2)5-4-9(15)19-3/h8H,4-7H2,1-3H3,(H,13,16,17). The molecule has 1 atom stereocenters. The number of imide groups is 1. The van der Waals surface area contributed by atoms with Crippen LogP contribution in [-0.2, 0) is 19.1 Å². The highest BCUT2D eigenvalue weighted by Crippen LogP contribution is 1.98. The molecular weight excluding hydrogens is 276 g/mol. The van der Waals surface area contributed by atoms with Crippen molar-refractivity contribution in [2.45, 2.75) is 18.7 Å². The molecule has 0 fully saturated rings. The zero-order valence-electron chi connectivity index (χ0n) is 11.3. The van der Waals surface area contributed by atoms with Gasteiger partial charge in [-0.1, -0.05) is 0 Å². The molecule has 1 unspecified atom stereocenters. The van der Waals surface area contributed by atoms with Crippen molar-refractivity contribution in [1.82, 2.24) is 10.2 Å². The summed E-state index contributed by atoms with van der Waals surface area (Å²) in [6.45, 7) is 2.13. The lowest BCUT2D eigenvalue weighted by molar-refractivity contribution is -0.140. The Labute approximate surface area is 117 Å². The molecular formula is C11H19ClN2O5. The predicted molar refractivity (Wildman–Crippen MR) is 68.9 cm³/mol. The molecule has 3 amide bonds. The maximum Gasteiger partial charge on any atom is 0.324 e. The number of nitrogens with one attached hydrogen (secondary N) is 1. The Morgan fingerprint density at radius 3 is 2.37 bits per heavy atom. The Bertz CT molecular complexity index is 322. The third-order valence-corrected chi connectivity index (χ3v) is 2.46. The Kier molecular flexibility index (Phi) is 8.90. The second-order valence-electron chi connectivity index (χ2n) is 3.72. The zero-order chi connectivity index (χ0) is 14.8. The Morgan fingerprint density at radius 2 is 1.89 bits per heavy atom. The lowest BCUT2D eigenvalue weighted by Gasteiger charge is -2.22. The number of halogens is 1. The van der Waals surface area contributed by atoms with Crippen LogP contribution >= 0.6 is 11.6 Å². The molecule has 0 aromatic carbocycles. The van der Waals surface area contributed by atoms with E-state index in [-0.39, 0.29) is 19.5 Å². The minimum atomic E-state index is -0.811. The number of carbonyl (C=O) groups excluding carboxylic acids is 3. The van der Waals surface area contributed by atoms with Gasteiger partial charge < -0.3 is 14.4 Å². The third kappa shape index (κ3) is 7.63. The van der Waals surface area contributed by atoms with Crippen LogP contribution in [0.5, 0.6) is 0 Å². The molecule has 0 aliphatic carbocycles. The molecule has 0 bridgehead atoms. The van der Waals surface area contributed by atoms with E-state index in [0.29, 0.717) is 6.61 Å². The van der Waals surface area contributed by atoms with Gasteiger partial charge in [0.2, 0.25) is 5.91 Å². The molecule has 0 aromatic rings. The number of ether oxygens (including phenoxy) is 2. The van der Waals surface area contributed by atoms with Crippen LogP contribution in [0, 0.1) is 0 Å². The number of hydrogen-bond acceptors (Lipinski definition) is 5. The second-order valence-corrected chi connectivity index (χ2v) is 4.37. The van der Waals surface area contributed by atoms with E-state index in [1.807, 2.05) is 0 Å². The fraction of sp³-hybridized carbons (Fsp3) is 0.727. The summed E-state index contributed by atoms with van der Waals surface area (Å²) in [5.41, 5.74) is 0. The molecule has 110 valence electrons. The molecule has 0 saturated heterocycles. The zero-order valence-corrected chi connectivity index (χ0v) is 12.0. The predicted octanol–water partition coefficient (Wildman–Crippen LogP) is 0.361. The topological polar surface area (TPSA) is 84.9 Å². The first-order valence-electron chi connectivity index (χ1n) is 5.72. The molecule has 19 heavy (non-hydrogen) atoms. The molecule has 0 aliphatic heterocycles. The number of carbonyl (C=O) groups is 3. The van der Waals surface area contributed by atoms with Gasteiger partial charge >= 0.3 is 12.0 Å². The summed E-state index contributed by atoms with van der Waals surface area (Å²) < 4.78 is 9.35. The Morgan fingerprint density at radius 1 is 1.26 bits per heavy atom. The lowest BCUT2D eigenvalue weighted by Crippen LogP contribution is -2.46. The molecule has 0 aromatic heterocycles. The van der Waals surface area contributed by atoms with Crippen molar-refractivity contribution in [3.63, 3.8) is 0 Å². The van der Waals surface area contributed by atoms with Crippen molar-refractivity contribution in [1.29, 1.82) is 0 Å². The van der Waals surface area contributed by atoms with Gasteiger partial charge in [-0.05, 0) is 6.92 Å². The number of esters is 1. The smallest absolute Gasteiger partial charge is 0.324 e. The first-order valence-corrected chi connectivity index (χ1v) is 6.15. The van der Waals surface area contributed by atoms with Gasteiger partial charge in [0.05, 0.1) is 20.1 Å². The van der Waals surface area contributed by atoms with Crippen LogP contribution in [0.2, 0.25) is 0 Å². The van der Waals surface area contributed by atoms with Gasteiger partial charge in [0.25, 0.3) is 0 Å². The van der Waals surface area contributed by atoms with E-state index in [1.165, 1.54) is 26.0 Å². The minimum absolute atomic E-state index is 0.0399. The second kappa shape index (κ2) is 9.57. The van der Waals surface area contributed by atoms with Crippen LogP contribution in [0.15, 0.2) is 0 Å². The third-order valence-electron chi connectivity index (χ3n) is 2.26. The summed E-state index contributed by atoms with van der Waals surface area (Å²) in [6.07, 6.45) is 0.0399. The first kappa shape index (κ1) is 17.7. The minimum Gasteiger partial charge on any atom is -0.469 e. The van der Waals surface area contributed by atoms with Crippen molar-refractivity contribution >= 4 is 29.5 Å². The van der Waals surface area contributed by atoms with E-state index in [9.17, 15) is 14.4 Å². The van der Waals surface area contributed by atoms with Gasteiger partial charge in [-0.3, -0.25) is 14.9 Å². The van der Waals surface area contributed by atoms with E-state index in [2.05, 4.69) is 10.1 Å². The van der Waals surface area contributed by atoms with Crippen molar-refractivity contribution in [2.24, 2.45) is 0 Å². The first-order chi connectivity index (χ1) is 8.92. The van der Waals surface area contributed by atoms with Crippen molar-refractivity contribution < 1.29 is 23.9 Å². The molecule has 0 aliphatic rings. The van der Waals surface area contributed by atoms with Crippen LogP contribution in [0.3, 0.4) is 0 Å². The van der Waals surface area contributed by atoms with Gasteiger partial charge in [-0.25, -0.2) is 4.79 Å². The van der Waals surface area contributed by atoms with E-state index >= 15 is 0 Å². The summed E-state index contributed by atoms with van der Waals surface area (Å²) >= 11 is 5.55. The van der Waals surface area contributed by atoms with E-state index in [0.717, 1.165) is 0 Å². The SMILES string of the molecule is COCCN(CCC(=O)OC)C(=O)NC(=O)C(C)Cl. The Balaban J connectivity index is 4.42. The largest absolute Gasteiger partial charge is 0.469 e. The highest BCUT2D eigenvalue weighted by atomic mass is 35.5. The number of amides is 3. The number of nitrogens with zero attached hydrogens (tertiary/aromatic N) is 1. The monoisotopic (exact) mass is 294 g/mol. The average molecular weight is 295 g/mol. The van der Waals surface area contributed by atoms with Crippen LogP contribution < -0.4 is 5.32 Å². The van der Waals surface area contributed by atoms with Gasteiger partial charge in [0.1, 0.15) is 5.38 Å². The van der Waals surface area contributed by atoms with Gasteiger partial charge in [-0.2, -0.15) is 0 Å². The summed E-state index contributed by atoms with van der Waals surface area (Å²) in [4.78, 5) is 35.4. The van der Waals surface area contributed by atoms with Crippen molar-refractivity contribution in [3.05, 3.63) is 0 Å². The fourth-order valence-electron chi connectivity index (χ4n) is 1.13. The number of hydrogen-bond donors (Lipinski definition) is 1. The number of methoxy groups -OCH3 is 2. The molecule has 8 heteroatoms. The Hall–Kier alpha value is -1.34. The highest BCUT2D eigenvalue weighted by molar-refractivity contribution is 6.31. The van der Waals surface area contributed by atoms with Crippen LogP contribution in [0.4, 0.5) is 4.79 Å². The van der Waals surface area contributed by atoms with Crippen LogP contribution in [0.1, 0.15) is 13.3 Å². The maximum absolute atomic E-state index is 11.8. The molecule has 0 spiro atoms. The summed E-state index contributed by atoms with van der Waals surface area (Å²) in [5.74, 6) is -1.03. The molecule has 0 radical (unpaired) electrons.